The number of rotatable bonds is 1. The molecule has 1 fully saturated rings. The van der Waals surface area contributed by atoms with E-state index < -0.39 is 5.60 Å². The summed E-state index contributed by atoms with van der Waals surface area (Å²) in [6, 6.07) is 0. The van der Waals surface area contributed by atoms with E-state index in [2.05, 4.69) is 22.6 Å². The fourth-order valence-corrected chi connectivity index (χ4v) is 2.00. The molecule has 2 heterocycles. The number of nitrogens with zero attached hydrogens (tertiary/aromatic N) is 3. The van der Waals surface area contributed by atoms with Crippen LogP contribution in [-0.4, -0.2) is 33.2 Å². The Bertz CT molecular complexity index is 324. The molecule has 1 aromatic heterocycles. The van der Waals surface area contributed by atoms with Gasteiger partial charge in [-0.15, -0.1) is 5.10 Å². The summed E-state index contributed by atoms with van der Waals surface area (Å²) in [4.78, 5) is 0. The largest absolute Gasteiger partial charge is 0.382 e. The van der Waals surface area contributed by atoms with E-state index in [9.17, 15) is 5.11 Å². The van der Waals surface area contributed by atoms with Crippen molar-refractivity contribution in [2.24, 2.45) is 13.0 Å². The van der Waals surface area contributed by atoms with E-state index in [4.69, 9.17) is 0 Å². The van der Waals surface area contributed by atoms with E-state index in [0.29, 0.717) is 18.2 Å². The van der Waals surface area contributed by atoms with Crippen LogP contribution in [0.15, 0.2) is 6.20 Å². The quantitative estimate of drug-likeness (QED) is 0.643. The van der Waals surface area contributed by atoms with Crippen LogP contribution in [0.1, 0.15) is 19.0 Å². The zero-order valence-corrected chi connectivity index (χ0v) is 8.56. The molecule has 0 aromatic carbocycles. The first-order valence-electron chi connectivity index (χ1n) is 4.90. The van der Waals surface area contributed by atoms with Gasteiger partial charge in [-0.25, -0.2) is 0 Å². The fourth-order valence-electron chi connectivity index (χ4n) is 2.00. The zero-order valence-electron chi connectivity index (χ0n) is 8.56. The highest BCUT2D eigenvalue weighted by Crippen LogP contribution is 2.28. The molecule has 2 unspecified atom stereocenters. The van der Waals surface area contributed by atoms with Gasteiger partial charge in [0.2, 0.25) is 0 Å². The van der Waals surface area contributed by atoms with Gasteiger partial charge in [0, 0.05) is 13.6 Å². The Morgan fingerprint density at radius 3 is 3.07 bits per heavy atom. The van der Waals surface area contributed by atoms with Crippen LogP contribution in [0.3, 0.4) is 0 Å². The standard InChI is InChI=1S/C9H16N4O/c1-7-3-9(14,6-10-4-7)8-5-13(2)12-11-8/h5,7,10,14H,3-4,6H2,1-2H3. The molecule has 1 aliphatic rings. The van der Waals surface area contributed by atoms with Crippen molar-refractivity contribution < 1.29 is 5.11 Å². The monoisotopic (exact) mass is 196 g/mol. The third-order valence-electron chi connectivity index (χ3n) is 2.68. The number of hydrogen-bond acceptors (Lipinski definition) is 4. The second kappa shape index (κ2) is 3.33. The predicted octanol–water partition coefficient (Wildman–Crippen LogP) is -0.368. The summed E-state index contributed by atoms with van der Waals surface area (Å²) in [5.41, 5.74) is -0.176. The Hall–Kier alpha value is -0.940. The minimum Gasteiger partial charge on any atom is -0.382 e. The van der Waals surface area contributed by atoms with Crippen LogP contribution >= 0.6 is 0 Å². The van der Waals surface area contributed by atoms with Gasteiger partial charge >= 0.3 is 0 Å². The molecule has 0 spiro atoms. The molecule has 1 aliphatic heterocycles. The van der Waals surface area contributed by atoms with Crippen molar-refractivity contribution in [3.05, 3.63) is 11.9 Å². The van der Waals surface area contributed by atoms with Crippen molar-refractivity contribution in [1.82, 2.24) is 20.3 Å². The molecule has 2 rings (SSSR count). The minimum atomic E-state index is -0.841. The first-order chi connectivity index (χ1) is 6.60. The van der Waals surface area contributed by atoms with Crippen molar-refractivity contribution in [3.8, 4) is 0 Å². The molecule has 1 saturated heterocycles. The number of β-amino-alcohol motifs (C(OH)–C–C–N with tert-alkyl or cyclic N) is 1. The molecule has 0 bridgehead atoms. The molecule has 2 atom stereocenters. The van der Waals surface area contributed by atoms with Gasteiger partial charge in [-0.3, -0.25) is 4.68 Å². The van der Waals surface area contributed by atoms with Crippen LogP contribution < -0.4 is 5.32 Å². The Kier molecular flexibility index (Phi) is 2.28. The summed E-state index contributed by atoms with van der Waals surface area (Å²) in [5, 5.41) is 21.4. The molecule has 5 nitrogen and oxygen atoms in total. The maximum absolute atomic E-state index is 10.3. The van der Waals surface area contributed by atoms with Crippen LogP contribution in [0, 0.1) is 5.92 Å². The molecule has 78 valence electrons. The molecule has 5 heteroatoms. The molecule has 0 radical (unpaired) electrons. The van der Waals surface area contributed by atoms with E-state index in [-0.39, 0.29) is 0 Å². The average Bonchev–Trinajstić information content (AvgIpc) is 2.52. The molecule has 14 heavy (non-hydrogen) atoms. The first-order valence-corrected chi connectivity index (χ1v) is 4.90. The molecule has 0 saturated carbocycles. The fraction of sp³-hybridized carbons (Fsp3) is 0.778. The van der Waals surface area contributed by atoms with Crippen LogP contribution in [0.5, 0.6) is 0 Å². The lowest BCUT2D eigenvalue weighted by Crippen LogP contribution is -2.47. The lowest BCUT2D eigenvalue weighted by atomic mass is 9.85. The van der Waals surface area contributed by atoms with Gasteiger partial charge in [-0.2, -0.15) is 0 Å². The van der Waals surface area contributed by atoms with Gasteiger partial charge in [0.1, 0.15) is 11.3 Å². The molecular weight excluding hydrogens is 180 g/mol. The van der Waals surface area contributed by atoms with Crippen LogP contribution in [0.2, 0.25) is 0 Å². The van der Waals surface area contributed by atoms with Crippen LogP contribution in [0.25, 0.3) is 0 Å². The number of aromatic nitrogens is 3. The average molecular weight is 196 g/mol. The summed E-state index contributed by atoms with van der Waals surface area (Å²) in [6.07, 6.45) is 2.53. The highest BCUT2D eigenvalue weighted by molar-refractivity contribution is 5.09. The van der Waals surface area contributed by atoms with E-state index in [0.717, 1.165) is 13.0 Å². The van der Waals surface area contributed by atoms with Crippen LogP contribution in [-0.2, 0) is 12.6 Å². The van der Waals surface area contributed by atoms with Crippen molar-refractivity contribution in [2.45, 2.75) is 18.9 Å². The summed E-state index contributed by atoms with van der Waals surface area (Å²) in [5.74, 6) is 0.468. The summed E-state index contributed by atoms with van der Waals surface area (Å²) >= 11 is 0. The lowest BCUT2D eigenvalue weighted by Gasteiger charge is -2.34. The Morgan fingerprint density at radius 2 is 2.50 bits per heavy atom. The smallest absolute Gasteiger partial charge is 0.123 e. The van der Waals surface area contributed by atoms with Gasteiger partial charge in [-0.05, 0) is 18.9 Å². The van der Waals surface area contributed by atoms with Gasteiger partial charge in [0.25, 0.3) is 0 Å². The second-order valence-corrected chi connectivity index (χ2v) is 4.25. The number of nitrogens with one attached hydrogen (secondary N) is 1. The molecular formula is C9H16N4O. The number of aryl methyl sites for hydroxylation is 1. The van der Waals surface area contributed by atoms with Crippen molar-refractivity contribution in [2.75, 3.05) is 13.1 Å². The third-order valence-corrected chi connectivity index (χ3v) is 2.68. The SMILES string of the molecule is CC1CNCC(O)(c2cn(C)nn2)C1. The Labute approximate surface area is 83.1 Å². The second-order valence-electron chi connectivity index (χ2n) is 4.25. The van der Waals surface area contributed by atoms with Gasteiger partial charge in [0.05, 0.1) is 6.20 Å². The van der Waals surface area contributed by atoms with Gasteiger partial charge in [-0.1, -0.05) is 12.1 Å². The highest BCUT2D eigenvalue weighted by Gasteiger charge is 2.36. The first kappa shape index (κ1) is 9.61. The summed E-state index contributed by atoms with van der Waals surface area (Å²) < 4.78 is 1.62. The lowest BCUT2D eigenvalue weighted by molar-refractivity contribution is -0.00845. The zero-order chi connectivity index (χ0) is 10.2. The van der Waals surface area contributed by atoms with Crippen molar-refractivity contribution >= 4 is 0 Å². The maximum atomic E-state index is 10.3. The van der Waals surface area contributed by atoms with E-state index in [1.165, 1.54) is 0 Å². The maximum Gasteiger partial charge on any atom is 0.123 e. The summed E-state index contributed by atoms with van der Waals surface area (Å²) in [7, 11) is 1.81. The van der Waals surface area contributed by atoms with Gasteiger partial charge in [0.15, 0.2) is 0 Å². The molecule has 2 N–H and O–H groups in total. The topological polar surface area (TPSA) is 63.0 Å². The highest BCUT2D eigenvalue weighted by atomic mass is 16.3. The number of aliphatic hydroxyl groups is 1. The van der Waals surface area contributed by atoms with Gasteiger partial charge < -0.3 is 10.4 Å². The van der Waals surface area contributed by atoms with E-state index >= 15 is 0 Å². The normalized spacial score (nSPS) is 33.2. The number of piperidine rings is 1. The summed E-state index contributed by atoms with van der Waals surface area (Å²) in [6.45, 7) is 3.64. The Morgan fingerprint density at radius 1 is 1.71 bits per heavy atom. The molecule has 0 amide bonds. The molecule has 0 aliphatic carbocycles. The Balaban J connectivity index is 2.22. The van der Waals surface area contributed by atoms with Crippen molar-refractivity contribution in [1.29, 1.82) is 0 Å². The third kappa shape index (κ3) is 1.65. The van der Waals surface area contributed by atoms with E-state index in [1.807, 2.05) is 0 Å². The molecule has 1 aromatic rings. The van der Waals surface area contributed by atoms with E-state index in [1.54, 1.807) is 17.9 Å². The number of hydrogen-bond donors (Lipinski definition) is 2. The van der Waals surface area contributed by atoms with Crippen molar-refractivity contribution in [3.63, 3.8) is 0 Å². The predicted molar refractivity (Wildman–Crippen MR) is 51.6 cm³/mol. The van der Waals surface area contributed by atoms with Crippen LogP contribution in [0.4, 0.5) is 0 Å². The minimum absolute atomic E-state index is 0.468.